The summed E-state index contributed by atoms with van der Waals surface area (Å²) in [7, 11) is 0. The molecule has 3 rings (SSSR count). The van der Waals surface area contributed by atoms with E-state index in [9.17, 15) is 27.6 Å². The standard InChI is InChI=1S/C21H20F3N3O4/c22-15-8-17(24)16(23)6-13(15)5-14(25)7-19(28)26-9-12-3-1-2-4-18(12)27(11-21(30)31)20(29)10-26/h1-4,6,8,14H,5,7,9-11,25H2,(H,30,31)/t14-/m1/s1. The van der Waals surface area contributed by atoms with Gasteiger partial charge >= 0.3 is 5.97 Å². The number of hydrogen-bond donors (Lipinski definition) is 2. The van der Waals surface area contributed by atoms with Gasteiger partial charge in [-0.15, -0.1) is 0 Å². The van der Waals surface area contributed by atoms with Crippen LogP contribution < -0.4 is 10.6 Å². The molecule has 0 spiro atoms. The minimum absolute atomic E-state index is 0.0587. The van der Waals surface area contributed by atoms with Gasteiger partial charge in [-0.05, 0) is 29.7 Å². The van der Waals surface area contributed by atoms with Gasteiger partial charge in [0.05, 0.1) is 0 Å². The van der Waals surface area contributed by atoms with E-state index in [1.807, 2.05) is 0 Å². The maximum atomic E-state index is 13.8. The van der Waals surface area contributed by atoms with E-state index in [0.29, 0.717) is 23.4 Å². The Bertz CT molecular complexity index is 1030. The number of carbonyl (C=O) groups is 3. The quantitative estimate of drug-likeness (QED) is 0.674. The second-order valence-electron chi connectivity index (χ2n) is 7.28. The number of nitrogens with zero attached hydrogens (tertiary/aromatic N) is 2. The number of carbonyl (C=O) groups excluding carboxylic acids is 2. The van der Waals surface area contributed by atoms with Crippen LogP contribution >= 0.6 is 0 Å². The Morgan fingerprint density at radius 1 is 1.06 bits per heavy atom. The predicted molar refractivity (Wildman–Crippen MR) is 104 cm³/mol. The monoisotopic (exact) mass is 435 g/mol. The van der Waals surface area contributed by atoms with Gasteiger partial charge in [0.25, 0.3) is 0 Å². The van der Waals surface area contributed by atoms with E-state index < -0.39 is 47.8 Å². The third-order valence-corrected chi connectivity index (χ3v) is 4.93. The number of para-hydroxylation sites is 1. The summed E-state index contributed by atoms with van der Waals surface area (Å²) in [4.78, 5) is 38.9. The number of rotatable bonds is 6. The lowest BCUT2D eigenvalue weighted by Gasteiger charge is -2.22. The maximum Gasteiger partial charge on any atom is 0.323 e. The SMILES string of the molecule is N[C@@H](CC(=O)N1CC(=O)N(CC(=O)O)c2ccccc2C1)Cc1cc(F)c(F)cc1F. The lowest BCUT2D eigenvalue weighted by atomic mass is 10.0. The Labute approximate surface area is 175 Å². The van der Waals surface area contributed by atoms with Gasteiger partial charge in [0, 0.05) is 30.8 Å². The number of fused-ring (bicyclic) bond motifs is 1. The van der Waals surface area contributed by atoms with E-state index in [1.165, 1.54) is 4.90 Å². The van der Waals surface area contributed by atoms with Crippen LogP contribution in [-0.4, -0.2) is 46.9 Å². The van der Waals surface area contributed by atoms with Crippen molar-refractivity contribution < 1.29 is 32.7 Å². The summed E-state index contributed by atoms with van der Waals surface area (Å²) in [6.07, 6.45) is -0.481. The number of benzene rings is 2. The van der Waals surface area contributed by atoms with Crippen molar-refractivity contribution in [3.05, 3.63) is 65.0 Å². The zero-order chi connectivity index (χ0) is 22.7. The molecule has 1 heterocycles. The topological polar surface area (TPSA) is 104 Å². The average molecular weight is 435 g/mol. The highest BCUT2D eigenvalue weighted by Gasteiger charge is 2.30. The normalized spacial score (nSPS) is 14.8. The lowest BCUT2D eigenvalue weighted by Crippen LogP contribution is -2.43. The molecule has 1 atom stereocenters. The minimum atomic E-state index is -1.32. The zero-order valence-electron chi connectivity index (χ0n) is 16.4. The predicted octanol–water partition coefficient (Wildman–Crippen LogP) is 1.82. The summed E-state index contributed by atoms with van der Waals surface area (Å²) in [6, 6.07) is 6.85. The van der Waals surface area contributed by atoms with E-state index in [0.717, 1.165) is 4.90 Å². The van der Waals surface area contributed by atoms with Gasteiger partial charge in [-0.1, -0.05) is 18.2 Å². The molecule has 0 bridgehead atoms. The molecule has 0 fully saturated rings. The van der Waals surface area contributed by atoms with Crippen molar-refractivity contribution in [2.75, 3.05) is 18.0 Å². The molecule has 10 heteroatoms. The second-order valence-corrected chi connectivity index (χ2v) is 7.28. The molecule has 0 saturated heterocycles. The van der Waals surface area contributed by atoms with E-state index in [-0.39, 0.29) is 31.5 Å². The Morgan fingerprint density at radius 3 is 2.45 bits per heavy atom. The first-order valence-electron chi connectivity index (χ1n) is 9.42. The molecule has 0 saturated carbocycles. The largest absolute Gasteiger partial charge is 0.480 e. The number of amides is 2. The van der Waals surface area contributed by atoms with Gasteiger partial charge in [0.2, 0.25) is 11.8 Å². The Kier molecular flexibility index (Phi) is 6.59. The van der Waals surface area contributed by atoms with Crippen LogP contribution in [0.5, 0.6) is 0 Å². The van der Waals surface area contributed by atoms with Crippen LogP contribution in [0.15, 0.2) is 36.4 Å². The van der Waals surface area contributed by atoms with Crippen LogP contribution in [0.25, 0.3) is 0 Å². The molecular formula is C21H20F3N3O4. The third-order valence-electron chi connectivity index (χ3n) is 4.93. The number of hydrogen-bond acceptors (Lipinski definition) is 4. The first kappa shape index (κ1) is 22.3. The number of nitrogens with two attached hydrogens (primary N) is 1. The Morgan fingerprint density at radius 2 is 1.74 bits per heavy atom. The molecular weight excluding hydrogens is 415 g/mol. The number of anilines is 1. The van der Waals surface area contributed by atoms with Gasteiger partial charge in [-0.3, -0.25) is 19.3 Å². The van der Waals surface area contributed by atoms with Crippen molar-refractivity contribution in [2.24, 2.45) is 5.73 Å². The molecule has 31 heavy (non-hydrogen) atoms. The molecule has 0 radical (unpaired) electrons. The molecule has 7 nitrogen and oxygen atoms in total. The molecule has 1 aliphatic rings. The molecule has 3 N–H and O–H groups in total. The summed E-state index contributed by atoms with van der Waals surface area (Å²) in [5.41, 5.74) is 6.75. The fourth-order valence-electron chi connectivity index (χ4n) is 3.47. The molecule has 1 aliphatic heterocycles. The van der Waals surface area contributed by atoms with Gasteiger partial charge in [-0.2, -0.15) is 0 Å². The van der Waals surface area contributed by atoms with E-state index >= 15 is 0 Å². The molecule has 0 unspecified atom stereocenters. The summed E-state index contributed by atoms with van der Waals surface area (Å²) in [5.74, 6) is -5.78. The second kappa shape index (κ2) is 9.17. The zero-order valence-corrected chi connectivity index (χ0v) is 16.4. The van der Waals surface area contributed by atoms with Gasteiger partial charge < -0.3 is 15.7 Å². The Hall–Kier alpha value is -3.40. The van der Waals surface area contributed by atoms with E-state index in [4.69, 9.17) is 10.8 Å². The van der Waals surface area contributed by atoms with E-state index in [1.54, 1.807) is 24.3 Å². The van der Waals surface area contributed by atoms with Crippen molar-refractivity contribution >= 4 is 23.5 Å². The lowest BCUT2D eigenvalue weighted by molar-refractivity contribution is -0.137. The Balaban J connectivity index is 1.74. The van der Waals surface area contributed by atoms with Crippen LogP contribution in [0, 0.1) is 17.5 Å². The first-order valence-corrected chi connectivity index (χ1v) is 9.42. The van der Waals surface area contributed by atoms with Gasteiger partial charge in [-0.25, -0.2) is 13.2 Å². The summed E-state index contributed by atoms with van der Waals surface area (Å²) in [5, 5.41) is 9.12. The summed E-state index contributed by atoms with van der Waals surface area (Å²) in [6.45, 7) is -0.844. The highest BCUT2D eigenvalue weighted by atomic mass is 19.2. The maximum absolute atomic E-state index is 13.8. The minimum Gasteiger partial charge on any atom is -0.480 e. The number of aliphatic carboxylic acids is 1. The average Bonchev–Trinajstić information content (AvgIpc) is 2.83. The van der Waals surface area contributed by atoms with Crippen molar-refractivity contribution in [3.63, 3.8) is 0 Å². The molecule has 164 valence electrons. The fourth-order valence-corrected chi connectivity index (χ4v) is 3.47. The summed E-state index contributed by atoms with van der Waals surface area (Å²) < 4.78 is 40.3. The van der Waals surface area contributed by atoms with E-state index in [2.05, 4.69) is 0 Å². The highest BCUT2D eigenvalue weighted by molar-refractivity contribution is 6.01. The number of carboxylic acids is 1. The molecule has 2 amide bonds. The number of carboxylic acid groups (broad SMARTS) is 1. The molecule has 0 aromatic heterocycles. The van der Waals surface area contributed by atoms with Gasteiger partial charge in [0.15, 0.2) is 11.6 Å². The van der Waals surface area contributed by atoms with Crippen LogP contribution in [0.4, 0.5) is 18.9 Å². The molecule has 0 aliphatic carbocycles. The van der Waals surface area contributed by atoms with Crippen LogP contribution in [0.3, 0.4) is 0 Å². The van der Waals surface area contributed by atoms with Crippen molar-refractivity contribution in [3.8, 4) is 0 Å². The smallest absolute Gasteiger partial charge is 0.323 e. The van der Waals surface area contributed by atoms with Crippen molar-refractivity contribution in [1.29, 1.82) is 0 Å². The van der Waals surface area contributed by atoms with Gasteiger partial charge in [0.1, 0.15) is 18.9 Å². The fraction of sp³-hybridized carbons (Fsp3) is 0.286. The first-order chi connectivity index (χ1) is 14.7. The number of halogens is 3. The van der Waals surface area contributed by atoms with Crippen LogP contribution in [-0.2, 0) is 27.3 Å². The third kappa shape index (κ3) is 5.21. The van der Waals surface area contributed by atoms with Crippen molar-refractivity contribution in [1.82, 2.24) is 4.90 Å². The van der Waals surface area contributed by atoms with Crippen LogP contribution in [0.2, 0.25) is 0 Å². The van der Waals surface area contributed by atoms with Crippen molar-refractivity contribution in [2.45, 2.75) is 25.4 Å². The molecule has 2 aromatic carbocycles. The van der Waals surface area contributed by atoms with Crippen LogP contribution in [0.1, 0.15) is 17.5 Å². The summed E-state index contributed by atoms with van der Waals surface area (Å²) >= 11 is 0. The highest BCUT2D eigenvalue weighted by Crippen LogP contribution is 2.26. The molecule has 2 aromatic rings.